The highest BCUT2D eigenvalue weighted by atomic mass is 79.9. The van der Waals surface area contributed by atoms with Crippen LogP contribution in [0.2, 0.25) is 0 Å². The Bertz CT molecular complexity index is 557. The normalized spacial score (nSPS) is 23.1. The number of hydrogen-bond donors (Lipinski definition) is 1. The Labute approximate surface area is 128 Å². The van der Waals surface area contributed by atoms with Gasteiger partial charge < -0.3 is 9.84 Å². The molecule has 2 aromatic rings. The first kappa shape index (κ1) is 13.6. The zero-order valence-corrected chi connectivity index (χ0v) is 13.6. The molecule has 0 aromatic carbocycles. The van der Waals surface area contributed by atoms with Crippen LogP contribution in [-0.2, 0) is 0 Å². The van der Waals surface area contributed by atoms with Gasteiger partial charge in [-0.2, -0.15) is 16.7 Å². The molecule has 4 nitrogen and oxygen atoms in total. The minimum absolute atomic E-state index is 0.328. The summed E-state index contributed by atoms with van der Waals surface area (Å²) in [6, 6.07) is 2.46. The highest BCUT2D eigenvalue weighted by Crippen LogP contribution is 2.34. The second kappa shape index (κ2) is 5.95. The monoisotopic (exact) mass is 359 g/mol. The Morgan fingerprint density at radius 2 is 2.42 bits per heavy atom. The maximum atomic E-state index is 5.47. The average Bonchev–Trinajstić information content (AvgIpc) is 3.07. The summed E-state index contributed by atoms with van der Waals surface area (Å²) in [6.07, 6.45) is 0. The van der Waals surface area contributed by atoms with Crippen LogP contribution < -0.4 is 5.32 Å². The van der Waals surface area contributed by atoms with E-state index in [1.807, 2.05) is 23.2 Å². The average molecular weight is 360 g/mol. The molecule has 2 aromatic heterocycles. The number of thioether (sulfide) groups is 1. The number of hydrogen-bond acceptors (Lipinski definition) is 6. The molecule has 1 saturated heterocycles. The predicted molar refractivity (Wildman–Crippen MR) is 82.8 cm³/mol. The Morgan fingerprint density at radius 1 is 1.53 bits per heavy atom. The maximum absolute atomic E-state index is 5.47. The van der Waals surface area contributed by atoms with E-state index in [4.69, 9.17) is 4.52 Å². The van der Waals surface area contributed by atoms with Crippen LogP contribution in [0.4, 0.5) is 0 Å². The molecule has 1 N–H and O–H groups in total. The Morgan fingerprint density at radius 3 is 3.16 bits per heavy atom. The molecule has 102 valence electrons. The van der Waals surface area contributed by atoms with Crippen LogP contribution in [0.15, 0.2) is 20.4 Å². The molecule has 2 atom stereocenters. The molecule has 0 spiro atoms. The minimum atomic E-state index is 0.328. The van der Waals surface area contributed by atoms with Gasteiger partial charge in [-0.3, -0.25) is 0 Å². The van der Waals surface area contributed by atoms with Gasteiger partial charge in [-0.05, 0) is 28.5 Å². The zero-order chi connectivity index (χ0) is 13.2. The topological polar surface area (TPSA) is 51.0 Å². The van der Waals surface area contributed by atoms with Crippen LogP contribution in [0, 0.1) is 0 Å². The molecule has 3 rings (SSSR count). The summed E-state index contributed by atoms with van der Waals surface area (Å²) in [5, 5.41) is 9.62. The van der Waals surface area contributed by atoms with Crippen LogP contribution in [0.3, 0.4) is 0 Å². The molecule has 0 bridgehead atoms. The first-order chi connectivity index (χ1) is 9.28. The number of nitrogens with zero attached hydrogens (tertiary/aromatic N) is 2. The van der Waals surface area contributed by atoms with E-state index in [9.17, 15) is 0 Å². The maximum Gasteiger partial charge on any atom is 0.232 e. The number of aromatic nitrogens is 2. The van der Waals surface area contributed by atoms with Gasteiger partial charge >= 0.3 is 0 Å². The number of rotatable bonds is 4. The summed E-state index contributed by atoms with van der Waals surface area (Å²) in [6.45, 7) is 3.10. The van der Waals surface area contributed by atoms with Crippen molar-refractivity contribution in [2.45, 2.75) is 18.9 Å². The Balaban J connectivity index is 1.81. The van der Waals surface area contributed by atoms with Gasteiger partial charge in [-0.25, -0.2) is 0 Å². The second-order valence-electron chi connectivity index (χ2n) is 4.39. The van der Waals surface area contributed by atoms with Crippen molar-refractivity contribution in [3.63, 3.8) is 0 Å². The fraction of sp³-hybridized carbons (Fsp3) is 0.500. The Hall–Kier alpha value is -0.370. The first-order valence-corrected chi connectivity index (χ1v) is 8.99. The Kier molecular flexibility index (Phi) is 4.26. The van der Waals surface area contributed by atoms with Gasteiger partial charge in [-0.1, -0.05) is 12.1 Å². The number of thiophene rings is 1. The van der Waals surface area contributed by atoms with Crippen molar-refractivity contribution in [2.75, 3.05) is 18.1 Å². The van der Waals surface area contributed by atoms with E-state index in [1.54, 1.807) is 11.3 Å². The van der Waals surface area contributed by atoms with E-state index in [0.717, 1.165) is 33.3 Å². The van der Waals surface area contributed by atoms with Crippen molar-refractivity contribution in [2.24, 2.45) is 0 Å². The smallest absolute Gasteiger partial charge is 0.232 e. The van der Waals surface area contributed by atoms with Gasteiger partial charge in [-0.15, -0.1) is 11.3 Å². The van der Waals surface area contributed by atoms with Gasteiger partial charge in [0.15, 0.2) is 0 Å². The summed E-state index contributed by atoms with van der Waals surface area (Å²) in [5.41, 5.74) is 0. The largest absolute Gasteiger partial charge is 0.339 e. The first-order valence-electron chi connectivity index (χ1n) is 6.17. The SMILES string of the molecule is CCNC1CSCC1c1nc(-c2cc(Br)cs2)no1. The molecular formula is C12H14BrN3OS2. The van der Waals surface area contributed by atoms with Crippen molar-refractivity contribution >= 4 is 39.0 Å². The summed E-state index contributed by atoms with van der Waals surface area (Å²) in [7, 11) is 0. The molecule has 0 saturated carbocycles. The molecule has 1 fully saturated rings. The fourth-order valence-electron chi connectivity index (χ4n) is 2.18. The van der Waals surface area contributed by atoms with E-state index in [1.165, 1.54) is 0 Å². The summed E-state index contributed by atoms with van der Waals surface area (Å²) in [4.78, 5) is 5.60. The molecule has 1 aliphatic heterocycles. The van der Waals surface area contributed by atoms with E-state index >= 15 is 0 Å². The van der Waals surface area contributed by atoms with Gasteiger partial charge in [0.25, 0.3) is 0 Å². The third kappa shape index (κ3) is 2.89. The zero-order valence-electron chi connectivity index (χ0n) is 10.4. The van der Waals surface area contributed by atoms with Crippen molar-refractivity contribution < 1.29 is 4.52 Å². The molecule has 2 unspecified atom stereocenters. The quantitative estimate of drug-likeness (QED) is 0.906. The van der Waals surface area contributed by atoms with Gasteiger partial charge in [0.05, 0.1) is 10.8 Å². The number of nitrogens with one attached hydrogen (secondary N) is 1. The van der Waals surface area contributed by atoms with E-state index in [2.05, 4.69) is 38.3 Å². The van der Waals surface area contributed by atoms with Crippen molar-refractivity contribution in [3.05, 3.63) is 21.8 Å². The minimum Gasteiger partial charge on any atom is -0.339 e. The molecule has 0 amide bonds. The summed E-state index contributed by atoms with van der Waals surface area (Å²) >= 11 is 7.00. The van der Waals surface area contributed by atoms with Crippen LogP contribution in [0.25, 0.3) is 10.7 Å². The highest BCUT2D eigenvalue weighted by Gasteiger charge is 2.33. The van der Waals surface area contributed by atoms with Crippen molar-refractivity contribution in [1.82, 2.24) is 15.5 Å². The van der Waals surface area contributed by atoms with Gasteiger partial charge in [0.2, 0.25) is 11.7 Å². The molecular weight excluding hydrogens is 346 g/mol. The van der Waals surface area contributed by atoms with Crippen molar-refractivity contribution in [3.8, 4) is 10.7 Å². The van der Waals surface area contributed by atoms with Gasteiger partial charge in [0.1, 0.15) is 0 Å². The summed E-state index contributed by atoms with van der Waals surface area (Å²) < 4.78 is 6.52. The lowest BCUT2D eigenvalue weighted by atomic mass is 10.0. The van der Waals surface area contributed by atoms with Gasteiger partial charge in [0, 0.05) is 27.4 Å². The number of likely N-dealkylation sites (N-methyl/N-ethyl adjacent to an activating group) is 1. The molecule has 0 aliphatic carbocycles. The van der Waals surface area contributed by atoms with E-state index < -0.39 is 0 Å². The van der Waals surface area contributed by atoms with Crippen LogP contribution >= 0.6 is 39.0 Å². The summed E-state index contributed by atoms with van der Waals surface area (Å²) in [5.74, 6) is 3.94. The standard InChI is InChI=1S/C12H14BrN3OS2/c1-2-14-9-6-18-5-8(9)12-15-11(16-17-12)10-3-7(13)4-19-10/h3-4,8-9,14H,2,5-6H2,1H3. The fourth-order valence-corrected chi connectivity index (χ4v) is 4.90. The predicted octanol–water partition coefficient (Wildman–Crippen LogP) is 3.37. The van der Waals surface area contributed by atoms with Crippen LogP contribution in [0.1, 0.15) is 18.7 Å². The number of halogens is 1. The van der Waals surface area contributed by atoms with Crippen LogP contribution in [-0.4, -0.2) is 34.2 Å². The van der Waals surface area contributed by atoms with E-state index in [-0.39, 0.29) is 0 Å². The highest BCUT2D eigenvalue weighted by molar-refractivity contribution is 9.10. The third-order valence-electron chi connectivity index (χ3n) is 3.09. The molecule has 1 aliphatic rings. The molecule has 3 heterocycles. The molecule has 19 heavy (non-hydrogen) atoms. The lowest BCUT2D eigenvalue weighted by Gasteiger charge is -2.15. The lowest BCUT2D eigenvalue weighted by molar-refractivity contribution is 0.341. The lowest BCUT2D eigenvalue weighted by Crippen LogP contribution is -2.34. The van der Waals surface area contributed by atoms with Crippen molar-refractivity contribution in [1.29, 1.82) is 0 Å². The molecule has 7 heteroatoms. The molecule has 0 radical (unpaired) electrons. The third-order valence-corrected chi connectivity index (χ3v) is 5.97. The van der Waals surface area contributed by atoms with E-state index in [0.29, 0.717) is 17.8 Å². The second-order valence-corrected chi connectivity index (χ2v) is 7.30. The van der Waals surface area contributed by atoms with Crippen LogP contribution in [0.5, 0.6) is 0 Å².